The number of methoxy groups -OCH3 is 1. The summed E-state index contributed by atoms with van der Waals surface area (Å²) in [6.45, 7) is 0.713. The van der Waals surface area contributed by atoms with E-state index in [1.165, 1.54) is 12.1 Å². The van der Waals surface area contributed by atoms with E-state index in [0.717, 1.165) is 11.1 Å². The van der Waals surface area contributed by atoms with Crippen LogP contribution in [0.5, 0.6) is 11.5 Å². The summed E-state index contributed by atoms with van der Waals surface area (Å²) in [6, 6.07) is 18.4. The zero-order valence-corrected chi connectivity index (χ0v) is 16.6. The van der Waals surface area contributed by atoms with Crippen molar-refractivity contribution in [2.24, 2.45) is 0 Å². The van der Waals surface area contributed by atoms with Gasteiger partial charge in [0.25, 0.3) is 5.91 Å². The Balaban J connectivity index is 1.64. The zero-order chi connectivity index (χ0) is 19.9. The standard InChI is InChI=1S/C21H18Cl2N2O3/c1-27-18-11-15(7-9-17(18)28-13-14-5-3-2-4-6-14)12-24-21(26)20-16(22)8-10-19(23)25-20/h2-11H,12-13H2,1H3,(H,24,26). The van der Waals surface area contributed by atoms with E-state index in [9.17, 15) is 4.79 Å². The number of carbonyl (C=O) groups is 1. The molecule has 3 aromatic rings. The first-order chi connectivity index (χ1) is 13.6. The molecule has 1 heterocycles. The van der Waals surface area contributed by atoms with Gasteiger partial charge < -0.3 is 14.8 Å². The Labute approximate surface area is 173 Å². The predicted octanol–water partition coefficient (Wildman–Crippen LogP) is 4.91. The minimum absolute atomic E-state index is 0.0870. The van der Waals surface area contributed by atoms with Crippen molar-refractivity contribution in [3.05, 3.63) is 87.7 Å². The Morgan fingerprint density at radius 1 is 1.00 bits per heavy atom. The van der Waals surface area contributed by atoms with Crippen LogP contribution in [0, 0.1) is 0 Å². The van der Waals surface area contributed by atoms with Crippen molar-refractivity contribution >= 4 is 29.1 Å². The fourth-order valence-electron chi connectivity index (χ4n) is 2.52. The van der Waals surface area contributed by atoms with Crippen LogP contribution in [-0.4, -0.2) is 18.0 Å². The molecule has 0 bridgehead atoms. The number of carbonyl (C=O) groups excluding carboxylic acids is 1. The van der Waals surface area contributed by atoms with Crippen molar-refractivity contribution in [1.29, 1.82) is 0 Å². The van der Waals surface area contributed by atoms with Gasteiger partial charge in [-0.3, -0.25) is 4.79 Å². The Morgan fingerprint density at radius 2 is 1.79 bits per heavy atom. The van der Waals surface area contributed by atoms with Gasteiger partial charge in [-0.05, 0) is 35.4 Å². The molecule has 3 rings (SSSR count). The number of ether oxygens (including phenoxy) is 2. The fourth-order valence-corrected chi connectivity index (χ4v) is 2.86. The molecular weight excluding hydrogens is 399 g/mol. The van der Waals surface area contributed by atoms with E-state index < -0.39 is 5.91 Å². The Hall–Kier alpha value is -2.76. The van der Waals surface area contributed by atoms with E-state index in [2.05, 4.69) is 10.3 Å². The van der Waals surface area contributed by atoms with Gasteiger partial charge in [0.05, 0.1) is 12.1 Å². The largest absolute Gasteiger partial charge is 0.493 e. The highest BCUT2D eigenvalue weighted by Crippen LogP contribution is 2.29. The number of rotatable bonds is 7. The molecule has 0 spiro atoms. The normalized spacial score (nSPS) is 10.4. The maximum absolute atomic E-state index is 12.3. The van der Waals surface area contributed by atoms with E-state index in [1.54, 1.807) is 7.11 Å². The maximum Gasteiger partial charge on any atom is 0.271 e. The number of pyridine rings is 1. The minimum Gasteiger partial charge on any atom is -0.493 e. The molecule has 28 heavy (non-hydrogen) atoms. The molecule has 0 saturated carbocycles. The van der Waals surface area contributed by atoms with Gasteiger partial charge in [-0.2, -0.15) is 0 Å². The molecule has 0 atom stereocenters. The monoisotopic (exact) mass is 416 g/mol. The summed E-state index contributed by atoms with van der Waals surface area (Å²) in [6.07, 6.45) is 0. The summed E-state index contributed by atoms with van der Waals surface area (Å²) in [5.41, 5.74) is 1.99. The third kappa shape index (κ3) is 5.15. The second-order valence-electron chi connectivity index (χ2n) is 5.91. The smallest absolute Gasteiger partial charge is 0.271 e. The molecule has 7 heteroatoms. The van der Waals surface area contributed by atoms with Crippen molar-refractivity contribution in [2.75, 3.05) is 7.11 Å². The molecule has 0 radical (unpaired) electrons. The first-order valence-corrected chi connectivity index (χ1v) is 9.26. The van der Waals surface area contributed by atoms with Crippen molar-refractivity contribution in [3.8, 4) is 11.5 Å². The van der Waals surface area contributed by atoms with Gasteiger partial charge in [-0.25, -0.2) is 4.98 Å². The predicted molar refractivity (Wildman–Crippen MR) is 109 cm³/mol. The minimum atomic E-state index is -0.407. The van der Waals surface area contributed by atoms with Crippen molar-refractivity contribution < 1.29 is 14.3 Å². The van der Waals surface area contributed by atoms with E-state index >= 15 is 0 Å². The summed E-state index contributed by atoms with van der Waals surface area (Å²) in [7, 11) is 1.57. The Bertz CT molecular complexity index is 965. The van der Waals surface area contributed by atoms with Gasteiger partial charge in [0.2, 0.25) is 0 Å². The summed E-state index contributed by atoms with van der Waals surface area (Å²) >= 11 is 11.8. The van der Waals surface area contributed by atoms with E-state index in [1.807, 2.05) is 48.5 Å². The Morgan fingerprint density at radius 3 is 2.54 bits per heavy atom. The molecule has 0 aliphatic rings. The van der Waals surface area contributed by atoms with Crippen LogP contribution in [0.3, 0.4) is 0 Å². The number of aromatic nitrogens is 1. The zero-order valence-electron chi connectivity index (χ0n) is 15.1. The van der Waals surface area contributed by atoms with Gasteiger partial charge in [0.1, 0.15) is 17.5 Å². The van der Waals surface area contributed by atoms with Gasteiger partial charge in [0, 0.05) is 6.54 Å². The van der Waals surface area contributed by atoms with Gasteiger partial charge in [-0.1, -0.05) is 59.6 Å². The van der Waals surface area contributed by atoms with Crippen LogP contribution in [0.2, 0.25) is 10.2 Å². The van der Waals surface area contributed by atoms with E-state index in [0.29, 0.717) is 18.1 Å². The highest BCUT2D eigenvalue weighted by Gasteiger charge is 2.13. The van der Waals surface area contributed by atoms with E-state index in [-0.39, 0.29) is 22.4 Å². The van der Waals surface area contributed by atoms with Crippen LogP contribution in [0.1, 0.15) is 21.6 Å². The van der Waals surface area contributed by atoms with Crippen molar-refractivity contribution in [2.45, 2.75) is 13.2 Å². The average Bonchev–Trinajstić information content (AvgIpc) is 2.73. The molecule has 0 saturated heterocycles. The number of halogens is 2. The number of hydrogen-bond acceptors (Lipinski definition) is 4. The summed E-state index contributed by atoms with van der Waals surface area (Å²) in [5.74, 6) is 0.804. The molecule has 5 nitrogen and oxygen atoms in total. The lowest BCUT2D eigenvalue weighted by Gasteiger charge is -2.13. The molecular formula is C21H18Cl2N2O3. The van der Waals surface area contributed by atoms with Crippen LogP contribution >= 0.6 is 23.2 Å². The van der Waals surface area contributed by atoms with Gasteiger partial charge in [-0.15, -0.1) is 0 Å². The van der Waals surface area contributed by atoms with Crippen LogP contribution in [0.4, 0.5) is 0 Å². The van der Waals surface area contributed by atoms with Gasteiger partial charge in [0.15, 0.2) is 11.5 Å². The highest BCUT2D eigenvalue weighted by molar-refractivity contribution is 6.34. The fraction of sp³-hybridized carbons (Fsp3) is 0.143. The molecule has 144 valence electrons. The lowest BCUT2D eigenvalue weighted by molar-refractivity contribution is 0.0946. The third-order valence-electron chi connectivity index (χ3n) is 3.95. The van der Waals surface area contributed by atoms with Crippen LogP contribution in [0.25, 0.3) is 0 Å². The lowest BCUT2D eigenvalue weighted by Crippen LogP contribution is -2.24. The summed E-state index contributed by atoms with van der Waals surface area (Å²) in [5, 5.41) is 3.22. The van der Waals surface area contributed by atoms with Crippen LogP contribution < -0.4 is 14.8 Å². The number of amides is 1. The third-order valence-corrected chi connectivity index (χ3v) is 4.46. The summed E-state index contributed by atoms with van der Waals surface area (Å²) < 4.78 is 11.3. The second kappa shape index (κ2) is 9.44. The molecule has 1 amide bonds. The Kier molecular flexibility index (Phi) is 6.74. The molecule has 0 fully saturated rings. The number of benzene rings is 2. The number of nitrogens with zero attached hydrogens (tertiary/aromatic N) is 1. The van der Waals surface area contributed by atoms with E-state index in [4.69, 9.17) is 32.7 Å². The van der Waals surface area contributed by atoms with Crippen LogP contribution in [0.15, 0.2) is 60.7 Å². The topological polar surface area (TPSA) is 60.5 Å². The van der Waals surface area contributed by atoms with Gasteiger partial charge >= 0.3 is 0 Å². The number of hydrogen-bond donors (Lipinski definition) is 1. The number of nitrogens with one attached hydrogen (secondary N) is 1. The molecule has 0 unspecified atom stereocenters. The molecule has 1 N–H and O–H groups in total. The molecule has 1 aromatic heterocycles. The highest BCUT2D eigenvalue weighted by atomic mass is 35.5. The summed E-state index contributed by atoms with van der Waals surface area (Å²) in [4.78, 5) is 16.3. The quantitative estimate of drug-likeness (QED) is 0.556. The van der Waals surface area contributed by atoms with Crippen LogP contribution in [-0.2, 0) is 13.2 Å². The first kappa shape index (κ1) is 20.0. The van der Waals surface area contributed by atoms with Crippen molar-refractivity contribution in [3.63, 3.8) is 0 Å². The van der Waals surface area contributed by atoms with Crippen molar-refractivity contribution in [1.82, 2.24) is 10.3 Å². The first-order valence-electron chi connectivity index (χ1n) is 8.50. The average molecular weight is 417 g/mol. The SMILES string of the molecule is COc1cc(CNC(=O)c2nc(Cl)ccc2Cl)ccc1OCc1ccccc1. The second-order valence-corrected chi connectivity index (χ2v) is 6.70. The molecule has 2 aromatic carbocycles. The lowest BCUT2D eigenvalue weighted by atomic mass is 10.2. The maximum atomic E-state index is 12.3. The molecule has 0 aliphatic heterocycles. The molecule has 0 aliphatic carbocycles.